The molecule has 0 saturated carbocycles. The van der Waals surface area contributed by atoms with E-state index in [-0.39, 0.29) is 18.4 Å². The van der Waals surface area contributed by atoms with Gasteiger partial charge in [-0.1, -0.05) is 24.3 Å². The van der Waals surface area contributed by atoms with Crippen molar-refractivity contribution in [2.45, 2.75) is 45.4 Å². The Morgan fingerprint density at radius 3 is 2.81 bits per heavy atom. The average molecular weight is 374 g/mol. The number of nitrogens with zero attached hydrogens (tertiary/aromatic N) is 2. The molecule has 0 unspecified atom stereocenters. The molecule has 0 fully saturated rings. The number of fused-ring (bicyclic) bond motifs is 1. The van der Waals surface area contributed by atoms with Crippen LogP contribution in [0.25, 0.3) is 0 Å². The summed E-state index contributed by atoms with van der Waals surface area (Å²) in [5.41, 5.74) is 2.65. The van der Waals surface area contributed by atoms with Crippen LogP contribution < -0.4 is 0 Å². The number of aliphatic carboxylic acids is 1. The van der Waals surface area contributed by atoms with E-state index in [1.807, 2.05) is 43.5 Å². The minimum absolute atomic E-state index is 0.0985. The van der Waals surface area contributed by atoms with Crippen LogP contribution in [-0.2, 0) is 33.7 Å². The van der Waals surface area contributed by atoms with Crippen molar-refractivity contribution in [2.24, 2.45) is 0 Å². The Balaban J connectivity index is 1.75. The highest BCUT2D eigenvalue weighted by molar-refractivity contribution is 7.09. The van der Waals surface area contributed by atoms with Gasteiger partial charge in [-0.05, 0) is 25.0 Å². The van der Waals surface area contributed by atoms with Gasteiger partial charge < -0.3 is 14.7 Å². The highest BCUT2D eigenvalue weighted by Crippen LogP contribution is 2.25. The number of amides is 1. The summed E-state index contributed by atoms with van der Waals surface area (Å²) in [6.07, 6.45) is 0.324. The van der Waals surface area contributed by atoms with Crippen LogP contribution in [0.2, 0.25) is 0 Å². The molecule has 1 aliphatic rings. The summed E-state index contributed by atoms with van der Waals surface area (Å²) in [6.45, 7) is 4.77. The Morgan fingerprint density at radius 1 is 1.38 bits per heavy atom. The van der Waals surface area contributed by atoms with E-state index in [9.17, 15) is 14.7 Å². The van der Waals surface area contributed by atoms with Gasteiger partial charge in [0.05, 0.1) is 12.1 Å². The maximum absolute atomic E-state index is 12.8. The Bertz CT molecular complexity index is 804. The quantitative estimate of drug-likeness (QED) is 0.841. The van der Waals surface area contributed by atoms with Crippen molar-refractivity contribution in [3.05, 3.63) is 51.5 Å². The van der Waals surface area contributed by atoms with Crippen molar-refractivity contribution in [3.8, 4) is 0 Å². The molecule has 138 valence electrons. The summed E-state index contributed by atoms with van der Waals surface area (Å²) in [5, 5.41) is 12.2. The molecule has 1 amide bonds. The summed E-state index contributed by atoms with van der Waals surface area (Å²) < 4.78 is 5.52. The van der Waals surface area contributed by atoms with Gasteiger partial charge in [-0.2, -0.15) is 0 Å². The molecule has 0 bridgehead atoms. The van der Waals surface area contributed by atoms with Gasteiger partial charge in [0, 0.05) is 25.0 Å². The lowest BCUT2D eigenvalue weighted by Crippen LogP contribution is -2.49. The topological polar surface area (TPSA) is 79.7 Å². The third-order valence-electron chi connectivity index (χ3n) is 4.52. The van der Waals surface area contributed by atoms with Crippen LogP contribution in [0.1, 0.15) is 41.8 Å². The molecule has 1 N–H and O–H groups in total. The number of aromatic nitrogens is 1. The summed E-state index contributed by atoms with van der Waals surface area (Å²) in [4.78, 5) is 30.4. The number of ether oxygens (including phenoxy) is 1. The molecular formula is C19H22N2O4S. The Labute approximate surface area is 156 Å². The first-order valence-corrected chi connectivity index (χ1v) is 9.52. The van der Waals surface area contributed by atoms with E-state index in [2.05, 4.69) is 4.98 Å². The fourth-order valence-electron chi connectivity index (χ4n) is 3.17. The van der Waals surface area contributed by atoms with Gasteiger partial charge in [0.2, 0.25) is 5.91 Å². The molecule has 2 aromatic rings. The molecule has 1 aromatic carbocycles. The number of carbonyl (C=O) groups excluding carboxylic acids is 1. The van der Waals surface area contributed by atoms with Crippen LogP contribution in [0.5, 0.6) is 0 Å². The van der Waals surface area contributed by atoms with Crippen LogP contribution in [0.3, 0.4) is 0 Å². The summed E-state index contributed by atoms with van der Waals surface area (Å²) in [6, 6.07) is 6.83. The van der Waals surface area contributed by atoms with Gasteiger partial charge in [0.25, 0.3) is 0 Å². The normalized spacial score (nSPS) is 17.6. The zero-order valence-corrected chi connectivity index (χ0v) is 15.7. The van der Waals surface area contributed by atoms with Crippen LogP contribution >= 0.6 is 11.3 Å². The second kappa shape index (κ2) is 7.97. The number of thiazole rings is 1. The zero-order chi connectivity index (χ0) is 18.7. The minimum Gasteiger partial charge on any atom is -0.480 e. The molecule has 7 heteroatoms. The van der Waals surface area contributed by atoms with Crippen molar-refractivity contribution in [1.29, 1.82) is 0 Å². The summed E-state index contributed by atoms with van der Waals surface area (Å²) >= 11 is 1.46. The van der Waals surface area contributed by atoms with Gasteiger partial charge in [0.15, 0.2) is 0 Å². The molecule has 2 atom stereocenters. The minimum atomic E-state index is -0.975. The van der Waals surface area contributed by atoms with Crippen molar-refractivity contribution in [1.82, 2.24) is 9.88 Å². The molecule has 26 heavy (non-hydrogen) atoms. The fourth-order valence-corrected chi connectivity index (χ4v) is 4.00. The summed E-state index contributed by atoms with van der Waals surface area (Å²) in [5.74, 6) is -1.19. The van der Waals surface area contributed by atoms with E-state index in [0.29, 0.717) is 25.3 Å². The van der Waals surface area contributed by atoms with Crippen LogP contribution in [-0.4, -0.2) is 39.5 Å². The van der Waals surface area contributed by atoms with Crippen LogP contribution in [0.15, 0.2) is 29.6 Å². The van der Waals surface area contributed by atoms with Gasteiger partial charge in [-0.25, -0.2) is 9.78 Å². The van der Waals surface area contributed by atoms with E-state index in [0.717, 1.165) is 16.1 Å². The Hall–Kier alpha value is -2.25. The second-order valence-corrected chi connectivity index (χ2v) is 7.19. The highest BCUT2D eigenvalue weighted by atomic mass is 32.1. The molecule has 6 nitrogen and oxygen atoms in total. The predicted octanol–water partition coefficient (Wildman–Crippen LogP) is 2.82. The second-order valence-electron chi connectivity index (χ2n) is 6.30. The number of rotatable bonds is 6. The molecule has 0 spiro atoms. The first-order valence-electron chi connectivity index (χ1n) is 8.64. The van der Waals surface area contributed by atoms with Crippen molar-refractivity contribution in [2.75, 3.05) is 6.61 Å². The lowest BCUT2D eigenvalue weighted by molar-refractivity contribution is -0.151. The molecule has 2 heterocycles. The number of carbonyl (C=O) groups is 2. The van der Waals surface area contributed by atoms with E-state index >= 15 is 0 Å². The lowest BCUT2D eigenvalue weighted by Gasteiger charge is -2.34. The Kier molecular flexibility index (Phi) is 5.68. The van der Waals surface area contributed by atoms with Crippen molar-refractivity contribution in [3.63, 3.8) is 0 Å². The first kappa shape index (κ1) is 18.5. The molecule has 0 aliphatic carbocycles. The predicted molar refractivity (Wildman–Crippen MR) is 98.0 cm³/mol. The smallest absolute Gasteiger partial charge is 0.326 e. The molecule has 0 saturated heterocycles. The highest BCUT2D eigenvalue weighted by Gasteiger charge is 2.34. The molecular weight excluding hydrogens is 352 g/mol. The van der Waals surface area contributed by atoms with Crippen LogP contribution in [0.4, 0.5) is 0 Å². The monoisotopic (exact) mass is 374 g/mol. The van der Waals surface area contributed by atoms with Crippen LogP contribution in [0, 0.1) is 0 Å². The fraction of sp³-hybridized carbons (Fsp3) is 0.421. The van der Waals surface area contributed by atoms with E-state index in [1.54, 1.807) is 0 Å². The van der Waals surface area contributed by atoms with E-state index in [1.165, 1.54) is 16.2 Å². The van der Waals surface area contributed by atoms with E-state index < -0.39 is 12.0 Å². The van der Waals surface area contributed by atoms with Gasteiger partial charge in [0.1, 0.15) is 17.2 Å². The Morgan fingerprint density at radius 2 is 2.12 bits per heavy atom. The standard InChI is InChI=1S/C19H22N2O4S/c1-3-25-12(2)18-20-15(11-26-18)9-17(22)21-10-14-7-5-4-6-13(14)8-16(21)19(23)24/h4-7,11-12,16H,3,8-10H2,1-2H3,(H,23,24)/t12-,16+/m1/s1. The van der Waals surface area contributed by atoms with E-state index in [4.69, 9.17) is 4.74 Å². The van der Waals surface area contributed by atoms with Gasteiger partial charge in [-0.3, -0.25) is 4.79 Å². The number of hydrogen-bond donors (Lipinski definition) is 1. The number of carboxylic acid groups (broad SMARTS) is 1. The van der Waals surface area contributed by atoms with Gasteiger partial charge >= 0.3 is 5.97 Å². The summed E-state index contributed by atoms with van der Waals surface area (Å²) in [7, 11) is 0. The largest absolute Gasteiger partial charge is 0.480 e. The van der Waals surface area contributed by atoms with Crippen molar-refractivity contribution < 1.29 is 19.4 Å². The number of hydrogen-bond acceptors (Lipinski definition) is 5. The zero-order valence-electron chi connectivity index (χ0n) is 14.8. The molecule has 3 rings (SSSR count). The molecule has 0 radical (unpaired) electrons. The van der Waals surface area contributed by atoms with Crippen molar-refractivity contribution >= 4 is 23.2 Å². The first-order chi connectivity index (χ1) is 12.5. The SMILES string of the molecule is CCO[C@H](C)c1nc(CC(=O)N2Cc3ccccc3C[C@H]2C(=O)O)cs1. The third-order valence-corrected chi connectivity index (χ3v) is 5.57. The number of benzene rings is 1. The lowest BCUT2D eigenvalue weighted by atomic mass is 9.93. The third kappa shape index (κ3) is 3.94. The number of carboxylic acids is 1. The average Bonchev–Trinajstić information content (AvgIpc) is 3.09. The van der Waals surface area contributed by atoms with Gasteiger partial charge in [-0.15, -0.1) is 11.3 Å². The maximum atomic E-state index is 12.8. The maximum Gasteiger partial charge on any atom is 0.326 e. The molecule has 1 aliphatic heterocycles. The molecule has 1 aromatic heterocycles.